The van der Waals surface area contributed by atoms with E-state index in [0.29, 0.717) is 17.9 Å². The molecule has 0 aromatic carbocycles. The van der Waals surface area contributed by atoms with E-state index in [4.69, 9.17) is 5.11 Å². The first kappa shape index (κ1) is 11.3. The molecule has 15 heavy (non-hydrogen) atoms. The van der Waals surface area contributed by atoms with Crippen molar-refractivity contribution in [2.75, 3.05) is 24.6 Å². The summed E-state index contributed by atoms with van der Waals surface area (Å²) in [5, 5.41) is 8.90. The van der Waals surface area contributed by atoms with Crippen molar-refractivity contribution in [3.05, 3.63) is 0 Å². The van der Waals surface area contributed by atoms with Crippen molar-refractivity contribution in [2.24, 2.45) is 17.8 Å². The zero-order valence-corrected chi connectivity index (χ0v) is 10.2. The van der Waals surface area contributed by atoms with E-state index in [1.807, 2.05) is 11.8 Å². The zero-order chi connectivity index (χ0) is 11.0. The highest BCUT2D eigenvalue weighted by Crippen LogP contribution is 2.52. The van der Waals surface area contributed by atoms with Crippen LogP contribution in [0.15, 0.2) is 0 Å². The number of piperidine rings is 1. The Bertz CT molecular complexity index is 247. The van der Waals surface area contributed by atoms with Crippen LogP contribution in [0.25, 0.3) is 0 Å². The number of carboxylic acid groups (broad SMARTS) is 1. The molecule has 0 amide bonds. The second-order valence-electron chi connectivity index (χ2n) is 4.65. The average molecular weight is 229 g/mol. The molecule has 86 valence electrons. The van der Waals surface area contributed by atoms with Gasteiger partial charge in [0.25, 0.3) is 0 Å². The maximum absolute atomic E-state index is 10.8. The molecule has 4 heteroatoms. The van der Waals surface area contributed by atoms with Crippen molar-refractivity contribution in [3.63, 3.8) is 0 Å². The Labute approximate surface area is 95.2 Å². The van der Waals surface area contributed by atoms with Gasteiger partial charge in [-0.2, -0.15) is 11.8 Å². The molecule has 0 aromatic rings. The predicted octanol–water partition coefficient (Wildman–Crippen LogP) is 1.39. The highest BCUT2D eigenvalue weighted by atomic mass is 32.2. The third-order valence-corrected chi connectivity index (χ3v) is 4.82. The molecule has 1 aliphatic heterocycles. The summed E-state index contributed by atoms with van der Waals surface area (Å²) in [6, 6.07) is 0.609. The van der Waals surface area contributed by atoms with E-state index in [9.17, 15) is 4.79 Å². The fraction of sp³-hybridized carbons (Fsp3) is 0.909. The summed E-state index contributed by atoms with van der Waals surface area (Å²) in [5.41, 5.74) is 0. The van der Waals surface area contributed by atoms with Gasteiger partial charge >= 0.3 is 5.97 Å². The van der Waals surface area contributed by atoms with Crippen LogP contribution in [0.1, 0.15) is 13.8 Å². The Morgan fingerprint density at radius 2 is 2.13 bits per heavy atom. The number of hydrogen-bond donors (Lipinski definition) is 1. The topological polar surface area (TPSA) is 40.5 Å². The van der Waals surface area contributed by atoms with Crippen LogP contribution >= 0.6 is 11.8 Å². The molecule has 0 bridgehead atoms. The fourth-order valence-corrected chi connectivity index (χ4v) is 3.47. The van der Waals surface area contributed by atoms with E-state index in [1.165, 1.54) is 11.5 Å². The number of thioether (sulfide) groups is 1. The summed E-state index contributed by atoms with van der Waals surface area (Å²) in [7, 11) is 0. The van der Waals surface area contributed by atoms with Crippen molar-refractivity contribution in [1.29, 1.82) is 0 Å². The van der Waals surface area contributed by atoms with Crippen LogP contribution < -0.4 is 0 Å². The van der Waals surface area contributed by atoms with Gasteiger partial charge in [0.15, 0.2) is 0 Å². The lowest BCUT2D eigenvalue weighted by Crippen LogP contribution is -2.36. The average Bonchev–Trinajstić information content (AvgIpc) is 2.72. The lowest BCUT2D eigenvalue weighted by Gasteiger charge is -2.25. The predicted molar refractivity (Wildman–Crippen MR) is 62.1 cm³/mol. The maximum atomic E-state index is 10.8. The Morgan fingerprint density at radius 3 is 2.60 bits per heavy atom. The lowest BCUT2D eigenvalue weighted by molar-refractivity contribution is -0.139. The van der Waals surface area contributed by atoms with Crippen molar-refractivity contribution in [2.45, 2.75) is 19.9 Å². The lowest BCUT2D eigenvalue weighted by atomic mass is 10.2. The van der Waals surface area contributed by atoms with E-state index in [1.54, 1.807) is 0 Å². The van der Waals surface area contributed by atoms with E-state index in [2.05, 4.69) is 18.7 Å². The van der Waals surface area contributed by atoms with Crippen molar-refractivity contribution in [3.8, 4) is 0 Å². The monoisotopic (exact) mass is 229 g/mol. The summed E-state index contributed by atoms with van der Waals surface area (Å²) in [5.74, 6) is 2.65. The first-order valence-corrected chi connectivity index (χ1v) is 6.85. The summed E-state index contributed by atoms with van der Waals surface area (Å²) < 4.78 is 0. The number of fused-ring (bicyclic) bond motifs is 1. The van der Waals surface area contributed by atoms with Gasteiger partial charge in [-0.3, -0.25) is 9.69 Å². The van der Waals surface area contributed by atoms with Gasteiger partial charge in [0.2, 0.25) is 0 Å². The van der Waals surface area contributed by atoms with E-state index in [0.717, 1.165) is 13.1 Å². The Kier molecular flexibility index (Phi) is 3.26. The second-order valence-corrected chi connectivity index (χ2v) is 5.97. The molecule has 4 atom stereocenters. The smallest absolute Gasteiger partial charge is 0.307 e. The molecule has 2 rings (SSSR count). The van der Waals surface area contributed by atoms with Crippen molar-refractivity contribution >= 4 is 17.7 Å². The van der Waals surface area contributed by atoms with Gasteiger partial charge in [0, 0.05) is 24.9 Å². The molecule has 0 spiro atoms. The number of aliphatic carboxylic acids is 1. The van der Waals surface area contributed by atoms with Crippen LogP contribution in [0.2, 0.25) is 0 Å². The van der Waals surface area contributed by atoms with Crippen LogP contribution in [-0.2, 0) is 4.79 Å². The molecule has 0 aromatic heterocycles. The van der Waals surface area contributed by atoms with Gasteiger partial charge in [-0.15, -0.1) is 0 Å². The van der Waals surface area contributed by atoms with E-state index >= 15 is 0 Å². The first-order chi connectivity index (χ1) is 7.15. The van der Waals surface area contributed by atoms with Crippen molar-refractivity contribution in [1.82, 2.24) is 4.90 Å². The molecule has 1 aliphatic carbocycles. The first-order valence-electron chi connectivity index (χ1n) is 5.69. The fourth-order valence-electron chi connectivity index (χ4n) is 2.68. The molecule has 3 nitrogen and oxygen atoms in total. The molecular formula is C11H19NO2S. The molecule has 2 aliphatic rings. The number of hydrogen-bond acceptors (Lipinski definition) is 3. The van der Waals surface area contributed by atoms with Gasteiger partial charge in [-0.1, -0.05) is 6.92 Å². The highest BCUT2D eigenvalue weighted by molar-refractivity contribution is 7.99. The highest BCUT2D eigenvalue weighted by Gasteiger charge is 2.59. The Morgan fingerprint density at radius 1 is 1.53 bits per heavy atom. The minimum atomic E-state index is -0.583. The van der Waals surface area contributed by atoms with Crippen molar-refractivity contribution < 1.29 is 9.90 Å². The minimum absolute atomic E-state index is 0.0210. The van der Waals surface area contributed by atoms with Crippen LogP contribution in [0, 0.1) is 17.8 Å². The zero-order valence-electron chi connectivity index (χ0n) is 9.35. The van der Waals surface area contributed by atoms with Crippen LogP contribution in [0.3, 0.4) is 0 Å². The van der Waals surface area contributed by atoms with Gasteiger partial charge in [-0.05, 0) is 24.5 Å². The van der Waals surface area contributed by atoms with Crippen LogP contribution in [0.4, 0.5) is 0 Å². The molecule has 2 unspecified atom stereocenters. The molecule has 1 heterocycles. The molecule has 2 fully saturated rings. The Hall–Kier alpha value is -0.220. The summed E-state index contributed by atoms with van der Waals surface area (Å²) in [6.45, 7) is 6.45. The molecule has 1 N–H and O–H groups in total. The second kappa shape index (κ2) is 4.34. The van der Waals surface area contributed by atoms with Crippen LogP contribution in [-0.4, -0.2) is 46.6 Å². The van der Waals surface area contributed by atoms with E-state index < -0.39 is 5.97 Å². The summed E-state index contributed by atoms with van der Waals surface area (Å²) in [6.07, 6.45) is 0. The van der Waals surface area contributed by atoms with E-state index in [-0.39, 0.29) is 5.92 Å². The minimum Gasteiger partial charge on any atom is -0.481 e. The van der Waals surface area contributed by atoms with Gasteiger partial charge in [0.1, 0.15) is 0 Å². The van der Waals surface area contributed by atoms with Crippen LogP contribution in [0.5, 0.6) is 0 Å². The number of carboxylic acids is 1. The molecule has 1 saturated carbocycles. The quantitative estimate of drug-likeness (QED) is 0.773. The number of nitrogens with zero attached hydrogens (tertiary/aromatic N) is 1. The standard InChI is InChI=1S/C11H19NO2S/c1-3-15-6-7(2)12-4-8-9(5-12)10(8)11(13)14/h7-10H,3-6H2,1-2H3,(H,13,14)/t7?,8-,9+,10?. The molecular weight excluding hydrogens is 210 g/mol. The SMILES string of the molecule is CCSCC(C)N1C[C@@H]2C(C(=O)O)[C@@H]2C1. The van der Waals surface area contributed by atoms with Gasteiger partial charge < -0.3 is 5.11 Å². The summed E-state index contributed by atoms with van der Waals surface area (Å²) >= 11 is 1.97. The third-order valence-electron chi connectivity index (χ3n) is 3.69. The molecule has 0 radical (unpaired) electrons. The number of likely N-dealkylation sites (tertiary alicyclic amines) is 1. The third kappa shape index (κ3) is 2.16. The maximum Gasteiger partial charge on any atom is 0.307 e. The number of carbonyl (C=O) groups is 1. The number of rotatable bonds is 5. The normalized spacial score (nSPS) is 36.3. The van der Waals surface area contributed by atoms with Gasteiger partial charge in [0.05, 0.1) is 5.92 Å². The van der Waals surface area contributed by atoms with Gasteiger partial charge in [-0.25, -0.2) is 0 Å². The Balaban J connectivity index is 1.75. The largest absolute Gasteiger partial charge is 0.481 e. The summed E-state index contributed by atoms with van der Waals surface area (Å²) in [4.78, 5) is 13.3. The molecule has 1 saturated heterocycles.